The Labute approximate surface area is 219 Å². The van der Waals surface area contributed by atoms with E-state index >= 15 is 0 Å². The molecule has 0 saturated carbocycles. The van der Waals surface area contributed by atoms with Gasteiger partial charge >= 0.3 is 12.1 Å². The maximum absolute atomic E-state index is 14.8. The molecule has 15 heteroatoms. The number of benzene rings is 2. The molecule has 3 aromatic rings. The molecule has 0 bridgehead atoms. The number of alkyl halides is 3. The number of carboxylic acid groups (broad SMARTS) is 1. The van der Waals surface area contributed by atoms with Crippen LogP contribution in [0.5, 0.6) is 0 Å². The van der Waals surface area contributed by atoms with Crippen LogP contribution in [0.1, 0.15) is 23.1 Å². The molecule has 3 N–H and O–H groups in total. The molecule has 8 nitrogen and oxygen atoms in total. The summed E-state index contributed by atoms with van der Waals surface area (Å²) in [5.74, 6) is -5.35. The summed E-state index contributed by atoms with van der Waals surface area (Å²) in [5, 5.41) is 11.5. The number of anilines is 2. The second-order valence-electron chi connectivity index (χ2n) is 8.23. The van der Waals surface area contributed by atoms with Crippen molar-refractivity contribution >= 4 is 38.8 Å². The van der Waals surface area contributed by atoms with E-state index in [1.807, 2.05) is 24.3 Å². The van der Waals surface area contributed by atoms with Crippen molar-refractivity contribution in [2.24, 2.45) is 0 Å². The molecule has 38 heavy (non-hydrogen) atoms. The van der Waals surface area contributed by atoms with Crippen molar-refractivity contribution in [2.45, 2.75) is 37.5 Å². The van der Waals surface area contributed by atoms with Crippen molar-refractivity contribution in [3.63, 3.8) is 0 Å². The van der Waals surface area contributed by atoms with Gasteiger partial charge in [-0.1, -0.05) is 24.3 Å². The number of aryl methyl sites for hydroxylation is 1. The molecule has 1 saturated heterocycles. The minimum absolute atomic E-state index is 0.0604. The van der Waals surface area contributed by atoms with E-state index in [1.54, 1.807) is 0 Å². The molecule has 0 aliphatic carbocycles. The standard InChI is InChI=1S/C21H22F2N4O2S2.C2HF3O2/c1-14-9-17(24-10-15-5-2-3-6-16(15)11-27-7-4-8-27)19(22)20(23)21(14)31(28,29)26-18-12-30-13-25-18;3-2(4,5)1(6)7/h2-3,5-6,9,12-13,24,26H,4,7-8,10-11H2,1H3;(H,6,7). The first-order valence-corrected chi connectivity index (χ1v) is 13.4. The fraction of sp³-hybridized carbons (Fsp3) is 0.304. The predicted octanol–water partition coefficient (Wildman–Crippen LogP) is 4.98. The van der Waals surface area contributed by atoms with Crippen molar-refractivity contribution in [1.29, 1.82) is 0 Å². The van der Waals surface area contributed by atoms with Crippen LogP contribution in [0.25, 0.3) is 0 Å². The van der Waals surface area contributed by atoms with Crippen LogP contribution in [0.2, 0.25) is 0 Å². The molecule has 2 heterocycles. The summed E-state index contributed by atoms with van der Waals surface area (Å²) >= 11 is 1.18. The lowest BCUT2D eigenvalue weighted by Crippen LogP contribution is -2.36. The van der Waals surface area contributed by atoms with Crippen LogP contribution in [0, 0.1) is 18.6 Å². The number of aromatic nitrogens is 1. The van der Waals surface area contributed by atoms with E-state index < -0.39 is 38.7 Å². The molecule has 1 aromatic heterocycles. The summed E-state index contributed by atoms with van der Waals surface area (Å²) in [6.45, 7) is 4.66. The predicted molar refractivity (Wildman–Crippen MR) is 131 cm³/mol. The number of rotatable bonds is 8. The van der Waals surface area contributed by atoms with Crippen molar-refractivity contribution in [3.05, 3.63) is 69.5 Å². The van der Waals surface area contributed by atoms with E-state index in [0.29, 0.717) is 6.54 Å². The molecule has 0 amide bonds. The first-order valence-electron chi connectivity index (χ1n) is 11.0. The number of nitrogens with one attached hydrogen (secondary N) is 2. The molecule has 1 aliphatic rings. The van der Waals surface area contributed by atoms with Gasteiger partial charge in [-0.25, -0.2) is 27.0 Å². The molecule has 4 rings (SSSR count). The zero-order valence-electron chi connectivity index (χ0n) is 19.8. The number of nitrogens with zero attached hydrogens (tertiary/aromatic N) is 2. The molecule has 0 spiro atoms. The third kappa shape index (κ3) is 7.39. The van der Waals surface area contributed by atoms with Crippen LogP contribution in [0.3, 0.4) is 0 Å². The highest BCUT2D eigenvalue weighted by Crippen LogP contribution is 2.30. The van der Waals surface area contributed by atoms with Crippen LogP contribution in [0.15, 0.2) is 46.1 Å². The van der Waals surface area contributed by atoms with Crippen LogP contribution in [0.4, 0.5) is 33.5 Å². The van der Waals surface area contributed by atoms with E-state index in [2.05, 4.69) is 19.9 Å². The van der Waals surface area contributed by atoms with Crippen LogP contribution in [-0.2, 0) is 27.9 Å². The van der Waals surface area contributed by atoms with Gasteiger partial charge in [0.25, 0.3) is 10.0 Å². The van der Waals surface area contributed by atoms with Crippen molar-refractivity contribution in [3.8, 4) is 0 Å². The first-order chi connectivity index (χ1) is 17.8. The van der Waals surface area contributed by atoms with Gasteiger partial charge in [0, 0.05) is 18.5 Å². The fourth-order valence-electron chi connectivity index (χ4n) is 3.50. The lowest BCUT2D eigenvalue weighted by Gasteiger charge is -2.31. The van der Waals surface area contributed by atoms with Gasteiger partial charge in [0.2, 0.25) is 0 Å². The lowest BCUT2D eigenvalue weighted by atomic mass is 10.0. The first kappa shape index (κ1) is 29.3. The van der Waals surface area contributed by atoms with Crippen molar-refractivity contribution in [2.75, 3.05) is 23.1 Å². The molecular formula is C23H23F5N4O4S2. The van der Waals surface area contributed by atoms with Gasteiger partial charge in [-0.05, 0) is 49.2 Å². The largest absolute Gasteiger partial charge is 0.490 e. The SMILES string of the molecule is Cc1cc(NCc2ccccc2CN2CCC2)c(F)c(F)c1S(=O)(=O)Nc1cscn1.O=C(O)C(F)(F)F. The van der Waals surface area contributed by atoms with Gasteiger partial charge in [0.1, 0.15) is 4.90 Å². The number of hydrogen-bond acceptors (Lipinski definition) is 7. The number of sulfonamides is 1. The van der Waals surface area contributed by atoms with Gasteiger partial charge in [0.15, 0.2) is 17.5 Å². The third-order valence-electron chi connectivity index (χ3n) is 5.46. The highest BCUT2D eigenvalue weighted by Gasteiger charge is 2.38. The Morgan fingerprint density at radius 3 is 2.32 bits per heavy atom. The Balaban J connectivity index is 0.000000505. The van der Waals surface area contributed by atoms with Crippen molar-refractivity contribution < 1.29 is 40.3 Å². The summed E-state index contributed by atoms with van der Waals surface area (Å²) < 4.78 is 88.7. The van der Waals surface area contributed by atoms with Gasteiger partial charge in [-0.15, -0.1) is 11.3 Å². The monoisotopic (exact) mass is 578 g/mol. The number of carbonyl (C=O) groups is 1. The average molecular weight is 579 g/mol. The second kappa shape index (κ2) is 12.0. The van der Waals surface area contributed by atoms with E-state index in [4.69, 9.17) is 9.90 Å². The average Bonchev–Trinajstić information content (AvgIpc) is 3.30. The molecule has 0 radical (unpaired) electrons. The van der Waals surface area contributed by atoms with Crippen molar-refractivity contribution in [1.82, 2.24) is 9.88 Å². The summed E-state index contributed by atoms with van der Waals surface area (Å²) in [7, 11) is -4.32. The highest BCUT2D eigenvalue weighted by molar-refractivity contribution is 7.92. The molecule has 0 atom stereocenters. The minimum Gasteiger partial charge on any atom is -0.475 e. The maximum Gasteiger partial charge on any atom is 0.490 e. The fourth-order valence-corrected chi connectivity index (χ4v) is 5.36. The van der Waals surface area contributed by atoms with E-state index in [9.17, 15) is 30.4 Å². The Hall–Kier alpha value is -3.30. The normalized spacial score (nSPS) is 13.7. The Kier molecular flexibility index (Phi) is 9.27. The summed E-state index contributed by atoms with van der Waals surface area (Å²) in [4.78, 5) is 14.3. The Morgan fingerprint density at radius 1 is 1.16 bits per heavy atom. The molecule has 1 fully saturated rings. The molecule has 1 aliphatic heterocycles. The number of carboxylic acids is 1. The van der Waals surface area contributed by atoms with Crippen LogP contribution >= 0.6 is 11.3 Å². The van der Waals surface area contributed by atoms with Crippen LogP contribution in [-0.4, -0.2) is 48.6 Å². The molecular weight excluding hydrogens is 555 g/mol. The summed E-state index contributed by atoms with van der Waals surface area (Å²) in [5.41, 5.74) is 3.56. The number of hydrogen-bond donors (Lipinski definition) is 3. The minimum atomic E-state index is -5.08. The van der Waals surface area contributed by atoms with E-state index in [0.717, 1.165) is 30.8 Å². The number of thiazole rings is 1. The van der Waals surface area contributed by atoms with E-state index in [1.165, 1.54) is 41.6 Å². The number of likely N-dealkylation sites (tertiary alicyclic amines) is 1. The van der Waals surface area contributed by atoms with Crippen LogP contribution < -0.4 is 10.0 Å². The number of aliphatic carboxylic acids is 1. The Morgan fingerprint density at radius 2 is 1.79 bits per heavy atom. The van der Waals surface area contributed by atoms with Gasteiger partial charge < -0.3 is 10.4 Å². The number of halogens is 5. The summed E-state index contributed by atoms with van der Waals surface area (Å²) in [6, 6.07) is 9.14. The second-order valence-corrected chi connectivity index (χ2v) is 10.6. The quantitative estimate of drug-likeness (QED) is 0.323. The van der Waals surface area contributed by atoms with Gasteiger partial charge in [-0.2, -0.15) is 13.2 Å². The topological polar surface area (TPSA) is 112 Å². The van der Waals surface area contributed by atoms with E-state index in [-0.39, 0.29) is 17.1 Å². The lowest BCUT2D eigenvalue weighted by molar-refractivity contribution is -0.192. The summed E-state index contributed by atoms with van der Waals surface area (Å²) in [6.07, 6.45) is -3.89. The molecule has 0 unspecified atom stereocenters. The van der Waals surface area contributed by atoms with Gasteiger partial charge in [-0.3, -0.25) is 9.62 Å². The maximum atomic E-state index is 14.8. The molecule has 206 valence electrons. The molecule has 2 aromatic carbocycles. The Bertz CT molecular complexity index is 1380. The van der Waals surface area contributed by atoms with Gasteiger partial charge in [0.05, 0.1) is 11.2 Å². The smallest absolute Gasteiger partial charge is 0.475 e. The third-order valence-corrected chi connectivity index (χ3v) is 7.56. The zero-order chi connectivity index (χ0) is 28.1. The highest BCUT2D eigenvalue weighted by atomic mass is 32.2. The zero-order valence-corrected chi connectivity index (χ0v) is 21.5.